The molecule has 34 heavy (non-hydrogen) atoms. The first kappa shape index (κ1) is 26.0. The normalized spacial score (nSPS) is 11.7. The van der Waals surface area contributed by atoms with Gasteiger partial charge in [0.15, 0.2) is 6.61 Å². The van der Waals surface area contributed by atoms with E-state index in [2.05, 4.69) is 10.0 Å². The number of ether oxygens (including phenoxy) is 1. The predicted molar refractivity (Wildman–Crippen MR) is 124 cm³/mol. The quantitative estimate of drug-likeness (QED) is 0.351. The summed E-state index contributed by atoms with van der Waals surface area (Å²) in [5.41, 5.74) is -1.01. The molecule has 180 valence electrons. The number of anilines is 2. The molecule has 6 nitrogen and oxygen atoms in total. The van der Waals surface area contributed by atoms with Crippen LogP contribution < -0.4 is 14.8 Å². The Bertz CT molecular complexity index is 1340. The number of hydrogen-bond donors (Lipinski definition) is 2. The third-order valence-electron chi connectivity index (χ3n) is 4.22. The summed E-state index contributed by atoms with van der Waals surface area (Å²) >= 11 is 17.9. The molecular formula is C21H14Cl3F3N2O4S. The van der Waals surface area contributed by atoms with Crippen molar-refractivity contribution < 1.29 is 31.1 Å². The Morgan fingerprint density at radius 3 is 2.35 bits per heavy atom. The minimum atomic E-state index is -4.63. The maximum Gasteiger partial charge on any atom is 0.416 e. The molecule has 0 saturated heterocycles. The molecule has 3 aromatic rings. The van der Waals surface area contributed by atoms with Gasteiger partial charge in [0.05, 0.1) is 26.2 Å². The average molecular weight is 554 g/mol. The Morgan fingerprint density at radius 1 is 0.941 bits per heavy atom. The highest BCUT2D eigenvalue weighted by atomic mass is 35.5. The van der Waals surface area contributed by atoms with E-state index in [0.717, 1.165) is 24.3 Å². The van der Waals surface area contributed by atoms with E-state index in [1.165, 1.54) is 24.3 Å². The lowest BCUT2D eigenvalue weighted by Crippen LogP contribution is -2.20. The highest BCUT2D eigenvalue weighted by Crippen LogP contribution is 2.32. The number of nitrogens with one attached hydrogen (secondary N) is 2. The van der Waals surface area contributed by atoms with Gasteiger partial charge in [0.25, 0.3) is 15.9 Å². The second-order valence-corrected chi connectivity index (χ2v) is 9.67. The zero-order valence-electron chi connectivity index (χ0n) is 16.8. The van der Waals surface area contributed by atoms with Crippen LogP contribution in [0.1, 0.15) is 5.56 Å². The van der Waals surface area contributed by atoms with Crippen LogP contribution in [0, 0.1) is 0 Å². The monoisotopic (exact) mass is 552 g/mol. The van der Waals surface area contributed by atoms with Gasteiger partial charge in [0.2, 0.25) is 0 Å². The van der Waals surface area contributed by atoms with Crippen LogP contribution in [0.15, 0.2) is 65.6 Å². The lowest BCUT2D eigenvalue weighted by atomic mass is 10.2. The standard InChI is InChI=1S/C21H14Cl3F3N2O4S/c22-13-4-6-16(23)18(9-13)28-20(30)11-33-19-7-5-15(10-17(19)24)34(31,32)29-14-3-1-2-12(8-14)21(25,26)27/h1-10,29H,11H2,(H,28,30). The van der Waals surface area contributed by atoms with Crippen molar-refractivity contribution in [3.63, 3.8) is 0 Å². The molecule has 3 rings (SSSR count). The SMILES string of the molecule is O=C(COc1ccc(S(=O)(=O)Nc2cccc(C(F)(F)F)c2)cc1Cl)Nc1cc(Cl)ccc1Cl. The van der Waals surface area contributed by atoms with Gasteiger partial charge in [-0.3, -0.25) is 9.52 Å². The van der Waals surface area contributed by atoms with Gasteiger partial charge in [-0.25, -0.2) is 8.42 Å². The molecule has 0 atom stereocenters. The van der Waals surface area contributed by atoms with E-state index in [0.29, 0.717) is 11.1 Å². The summed E-state index contributed by atoms with van der Waals surface area (Å²) in [5.74, 6) is -0.574. The van der Waals surface area contributed by atoms with Gasteiger partial charge in [-0.1, -0.05) is 40.9 Å². The van der Waals surface area contributed by atoms with Gasteiger partial charge in [-0.15, -0.1) is 0 Å². The van der Waals surface area contributed by atoms with Gasteiger partial charge in [-0.05, 0) is 54.6 Å². The van der Waals surface area contributed by atoms with Crippen molar-refractivity contribution in [2.24, 2.45) is 0 Å². The molecule has 13 heteroatoms. The first-order chi connectivity index (χ1) is 15.8. The largest absolute Gasteiger partial charge is 0.482 e. The fraction of sp³-hybridized carbons (Fsp3) is 0.0952. The number of halogens is 6. The maximum absolute atomic E-state index is 12.9. The van der Waals surface area contributed by atoms with Crippen LogP contribution in [0.2, 0.25) is 15.1 Å². The molecule has 0 unspecified atom stereocenters. The Balaban J connectivity index is 1.68. The van der Waals surface area contributed by atoms with Gasteiger partial charge in [0.1, 0.15) is 5.75 Å². The summed E-state index contributed by atoms with van der Waals surface area (Å²) in [6.45, 7) is -0.475. The van der Waals surface area contributed by atoms with Crippen molar-refractivity contribution in [3.8, 4) is 5.75 Å². The van der Waals surface area contributed by atoms with Crippen LogP contribution in [-0.2, 0) is 21.0 Å². The molecule has 0 aliphatic heterocycles. The fourth-order valence-electron chi connectivity index (χ4n) is 2.66. The number of amides is 1. The van der Waals surface area contributed by atoms with Gasteiger partial charge >= 0.3 is 6.18 Å². The van der Waals surface area contributed by atoms with E-state index < -0.39 is 34.3 Å². The van der Waals surface area contributed by atoms with E-state index in [9.17, 15) is 26.4 Å². The molecule has 0 heterocycles. The van der Waals surface area contributed by atoms with Gasteiger partial charge < -0.3 is 10.1 Å². The lowest BCUT2D eigenvalue weighted by Gasteiger charge is -2.13. The summed E-state index contributed by atoms with van der Waals surface area (Å²) in [4.78, 5) is 11.8. The number of alkyl halides is 3. The average Bonchev–Trinajstić information content (AvgIpc) is 2.74. The third kappa shape index (κ3) is 6.69. The molecule has 0 aromatic heterocycles. The fourth-order valence-corrected chi connectivity index (χ4v) is 4.37. The molecular weight excluding hydrogens is 540 g/mol. The zero-order valence-corrected chi connectivity index (χ0v) is 19.9. The molecule has 0 spiro atoms. The molecule has 0 radical (unpaired) electrons. The topological polar surface area (TPSA) is 84.5 Å². The van der Waals surface area contributed by atoms with Crippen LogP contribution in [0.3, 0.4) is 0 Å². The molecule has 0 saturated carbocycles. The van der Waals surface area contributed by atoms with Crippen LogP contribution in [0.25, 0.3) is 0 Å². The van der Waals surface area contributed by atoms with Gasteiger partial charge in [0, 0.05) is 10.7 Å². The Labute approximate surface area is 207 Å². The molecule has 0 aliphatic carbocycles. The minimum Gasteiger partial charge on any atom is -0.482 e. The van der Waals surface area contributed by atoms with Crippen molar-refractivity contribution in [2.75, 3.05) is 16.6 Å². The van der Waals surface area contributed by atoms with E-state index in [1.807, 2.05) is 0 Å². The van der Waals surface area contributed by atoms with Gasteiger partial charge in [-0.2, -0.15) is 13.2 Å². The molecule has 0 aliphatic rings. The molecule has 1 amide bonds. The highest BCUT2D eigenvalue weighted by molar-refractivity contribution is 7.92. The molecule has 0 fully saturated rings. The Hall–Kier alpha value is -2.66. The van der Waals surface area contributed by atoms with Crippen molar-refractivity contribution in [2.45, 2.75) is 11.1 Å². The van der Waals surface area contributed by atoms with Crippen LogP contribution in [0.5, 0.6) is 5.75 Å². The van der Waals surface area contributed by atoms with Crippen molar-refractivity contribution in [1.82, 2.24) is 0 Å². The highest BCUT2D eigenvalue weighted by Gasteiger charge is 2.30. The number of carbonyl (C=O) groups excluding carboxylic acids is 1. The summed E-state index contributed by atoms with van der Waals surface area (Å²) in [7, 11) is -4.26. The minimum absolute atomic E-state index is 0.00651. The Morgan fingerprint density at radius 2 is 1.68 bits per heavy atom. The Kier molecular flexibility index (Phi) is 7.87. The number of benzene rings is 3. The summed E-state index contributed by atoms with van der Waals surface area (Å²) in [6.07, 6.45) is -4.63. The van der Waals surface area contributed by atoms with E-state index in [4.69, 9.17) is 39.5 Å². The van der Waals surface area contributed by atoms with E-state index in [1.54, 1.807) is 6.07 Å². The van der Waals surface area contributed by atoms with Crippen molar-refractivity contribution in [1.29, 1.82) is 0 Å². The lowest BCUT2D eigenvalue weighted by molar-refractivity contribution is -0.137. The number of rotatable bonds is 7. The second kappa shape index (κ2) is 10.3. The molecule has 0 bridgehead atoms. The third-order valence-corrected chi connectivity index (χ3v) is 6.46. The van der Waals surface area contributed by atoms with Crippen LogP contribution in [-0.4, -0.2) is 20.9 Å². The predicted octanol–water partition coefficient (Wildman–Crippen LogP) is 6.48. The number of carbonyl (C=O) groups is 1. The van der Waals surface area contributed by atoms with Crippen molar-refractivity contribution >= 4 is 62.1 Å². The van der Waals surface area contributed by atoms with Crippen molar-refractivity contribution in [3.05, 3.63) is 81.3 Å². The molecule has 3 aromatic carbocycles. The summed E-state index contributed by atoms with van der Waals surface area (Å²) in [5, 5.41) is 2.99. The van der Waals surface area contributed by atoms with E-state index in [-0.39, 0.29) is 32.1 Å². The van der Waals surface area contributed by atoms with Crippen LogP contribution >= 0.6 is 34.8 Å². The summed E-state index contributed by atoms with van der Waals surface area (Å²) < 4.78 is 71.1. The zero-order chi connectivity index (χ0) is 25.1. The maximum atomic E-state index is 12.9. The first-order valence-corrected chi connectivity index (χ1v) is 11.8. The number of hydrogen-bond acceptors (Lipinski definition) is 4. The van der Waals surface area contributed by atoms with Crippen LogP contribution in [0.4, 0.5) is 24.5 Å². The molecule has 2 N–H and O–H groups in total. The first-order valence-electron chi connectivity index (χ1n) is 9.22. The second-order valence-electron chi connectivity index (χ2n) is 6.74. The smallest absolute Gasteiger partial charge is 0.416 e. The number of sulfonamides is 1. The van der Waals surface area contributed by atoms with E-state index >= 15 is 0 Å². The summed E-state index contributed by atoms with van der Waals surface area (Å²) in [6, 6.07) is 11.6.